The van der Waals surface area contributed by atoms with Crippen molar-refractivity contribution in [3.8, 4) is 0 Å². The quantitative estimate of drug-likeness (QED) is 0.854. The molecule has 0 atom stereocenters. The maximum absolute atomic E-state index is 12.6. The van der Waals surface area contributed by atoms with Crippen molar-refractivity contribution in [1.82, 2.24) is 20.4 Å². The van der Waals surface area contributed by atoms with E-state index in [0.717, 1.165) is 37.1 Å². The minimum Gasteiger partial charge on any atom is -0.337 e. The largest absolute Gasteiger partial charge is 0.390 e. The Labute approximate surface area is 138 Å². The lowest BCUT2D eigenvalue weighted by Gasteiger charge is -2.23. The van der Waals surface area contributed by atoms with Crippen LogP contribution in [0.4, 0.5) is 13.2 Å². The number of carbonyl (C=O) groups excluding carboxylic acids is 1. The minimum absolute atomic E-state index is 0. The first-order valence-corrected chi connectivity index (χ1v) is 7.57. The van der Waals surface area contributed by atoms with Crippen molar-refractivity contribution in [2.75, 3.05) is 19.6 Å². The fourth-order valence-corrected chi connectivity index (χ4v) is 2.70. The third kappa shape index (κ3) is 4.60. The zero-order valence-corrected chi connectivity index (χ0v) is 13.4. The van der Waals surface area contributed by atoms with Crippen LogP contribution in [0.3, 0.4) is 0 Å². The summed E-state index contributed by atoms with van der Waals surface area (Å²) >= 11 is 0. The number of nitrogens with zero attached hydrogens (tertiary/aromatic N) is 2. The van der Waals surface area contributed by atoms with Crippen LogP contribution in [0, 0.1) is 5.92 Å². The molecule has 130 valence electrons. The lowest BCUT2D eigenvalue weighted by Crippen LogP contribution is -2.37. The van der Waals surface area contributed by atoms with Crippen molar-refractivity contribution >= 4 is 18.3 Å². The summed E-state index contributed by atoms with van der Waals surface area (Å²) in [4.78, 5) is 13.9. The second-order valence-electron chi connectivity index (χ2n) is 6.02. The smallest absolute Gasteiger partial charge is 0.337 e. The van der Waals surface area contributed by atoms with Crippen LogP contribution in [-0.2, 0) is 13.0 Å². The van der Waals surface area contributed by atoms with Crippen LogP contribution in [0.15, 0.2) is 0 Å². The summed E-state index contributed by atoms with van der Waals surface area (Å²) in [7, 11) is 0. The highest BCUT2D eigenvalue weighted by Gasteiger charge is 2.34. The van der Waals surface area contributed by atoms with E-state index in [1.54, 1.807) is 0 Å². The number of fused-ring (bicyclic) bond motifs is 1. The molecule has 0 unspecified atom stereocenters. The summed E-state index contributed by atoms with van der Waals surface area (Å²) < 4.78 is 37.4. The number of alkyl halides is 3. The standard InChI is InChI=1S/C14H19F3N4O.ClH/c15-14(16,17)4-6-21(8-9-1-2-9)13(22)12-10-7-18-5-3-11(10)19-20-12;/h9,18H,1-8H2,(H,19,20);1H. The van der Waals surface area contributed by atoms with Gasteiger partial charge in [-0.05, 0) is 18.8 Å². The van der Waals surface area contributed by atoms with Crippen LogP contribution >= 0.6 is 12.4 Å². The maximum Gasteiger partial charge on any atom is 0.390 e. The number of rotatable bonds is 5. The van der Waals surface area contributed by atoms with Crippen LogP contribution in [-0.4, -0.2) is 46.8 Å². The number of amides is 1. The molecule has 0 radical (unpaired) electrons. The Bertz CT molecular complexity index is 557. The van der Waals surface area contributed by atoms with Crippen molar-refractivity contribution in [1.29, 1.82) is 0 Å². The third-order valence-corrected chi connectivity index (χ3v) is 4.14. The van der Waals surface area contributed by atoms with Crippen molar-refractivity contribution in [3.05, 3.63) is 17.0 Å². The van der Waals surface area contributed by atoms with Gasteiger partial charge in [0.1, 0.15) is 0 Å². The summed E-state index contributed by atoms with van der Waals surface area (Å²) in [6.07, 6.45) is -2.52. The number of hydrogen-bond acceptors (Lipinski definition) is 3. The molecule has 2 aliphatic rings. The van der Waals surface area contributed by atoms with Crippen molar-refractivity contribution in [3.63, 3.8) is 0 Å². The van der Waals surface area contributed by atoms with E-state index in [2.05, 4.69) is 15.5 Å². The molecule has 1 aliphatic heterocycles. The normalized spacial score (nSPS) is 17.3. The summed E-state index contributed by atoms with van der Waals surface area (Å²) in [5.74, 6) is -0.0533. The summed E-state index contributed by atoms with van der Waals surface area (Å²) in [6.45, 7) is 1.43. The molecule has 1 saturated carbocycles. The molecule has 1 fully saturated rings. The maximum atomic E-state index is 12.6. The molecular weight excluding hydrogens is 333 g/mol. The van der Waals surface area contributed by atoms with Gasteiger partial charge in [0.2, 0.25) is 0 Å². The Morgan fingerprint density at radius 3 is 2.74 bits per heavy atom. The number of aromatic nitrogens is 2. The first-order chi connectivity index (χ1) is 10.4. The molecule has 9 heteroatoms. The predicted molar refractivity (Wildman–Crippen MR) is 80.5 cm³/mol. The van der Waals surface area contributed by atoms with Crippen LogP contribution < -0.4 is 5.32 Å². The average molecular weight is 353 g/mol. The Kier molecular flexibility index (Phi) is 5.57. The van der Waals surface area contributed by atoms with Crippen molar-refractivity contribution in [2.45, 2.75) is 38.4 Å². The first-order valence-electron chi connectivity index (χ1n) is 7.57. The van der Waals surface area contributed by atoms with Gasteiger partial charge in [0.15, 0.2) is 5.69 Å². The van der Waals surface area contributed by atoms with E-state index in [9.17, 15) is 18.0 Å². The zero-order chi connectivity index (χ0) is 15.7. The Balaban J connectivity index is 0.00000192. The monoisotopic (exact) mass is 352 g/mol. The molecule has 1 amide bonds. The van der Waals surface area contributed by atoms with Gasteiger partial charge < -0.3 is 10.2 Å². The summed E-state index contributed by atoms with van der Waals surface area (Å²) in [5.41, 5.74) is 1.97. The lowest BCUT2D eigenvalue weighted by molar-refractivity contribution is -0.136. The fraction of sp³-hybridized carbons (Fsp3) is 0.714. The van der Waals surface area contributed by atoms with Crippen molar-refractivity contribution in [2.24, 2.45) is 5.92 Å². The number of H-pyrrole nitrogens is 1. The molecule has 2 heterocycles. The molecule has 1 aromatic heterocycles. The van der Waals surface area contributed by atoms with Crippen molar-refractivity contribution < 1.29 is 18.0 Å². The molecule has 23 heavy (non-hydrogen) atoms. The lowest BCUT2D eigenvalue weighted by atomic mass is 10.1. The Morgan fingerprint density at radius 2 is 2.09 bits per heavy atom. The van der Waals surface area contributed by atoms with E-state index >= 15 is 0 Å². The molecule has 5 nitrogen and oxygen atoms in total. The zero-order valence-electron chi connectivity index (χ0n) is 12.6. The predicted octanol–water partition coefficient (Wildman–Crippen LogP) is 2.28. The molecule has 0 aromatic carbocycles. The van der Waals surface area contributed by atoms with Gasteiger partial charge in [0, 0.05) is 43.9 Å². The third-order valence-electron chi connectivity index (χ3n) is 4.14. The van der Waals surface area contributed by atoms with Crippen LogP contribution in [0.5, 0.6) is 0 Å². The SMILES string of the molecule is Cl.O=C(c1n[nH]c2c1CNCC2)N(CCC(F)(F)F)CC1CC1. The van der Waals surface area contributed by atoms with Gasteiger partial charge in [-0.2, -0.15) is 18.3 Å². The van der Waals surface area contributed by atoms with Gasteiger partial charge in [0.05, 0.1) is 6.42 Å². The number of carbonyl (C=O) groups is 1. The molecule has 0 bridgehead atoms. The second-order valence-corrected chi connectivity index (χ2v) is 6.02. The Hall–Kier alpha value is -1.28. The number of halogens is 4. The summed E-state index contributed by atoms with van der Waals surface area (Å²) in [6, 6.07) is 0. The van der Waals surface area contributed by atoms with Gasteiger partial charge in [-0.3, -0.25) is 9.89 Å². The highest BCUT2D eigenvalue weighted by Crippen LogP contribution is 2.31. The molecular formula is C14H20ClF3N4O. The number of nitrogens with one attached hydrogen (secondary N) is 2. The topological polar surface area (TPSA) is 61.0 Å². The molecule has 0 saturated heterocycles. The van der Waals surface area contributed by atoms with Crippen LogP contribution in [0.25, 0.3) is 0 Å². The van der Waals surface area contributed by atoms with Gasteiger partial charge in [-0.1, -0.05) is 0 Å². The average Bonchev–Trinajstić information content (AvgIpc) is 3.18. The minimum atomic E-state index is -4.26. The van der Waals surface area contributed by atoms with Gasteiger partial charge in [-0.25, -0.2) is 0 Å². The number of aromatic amines is 1. The fourth-order valence-electron chi connectivity index (χ4n) is 2.70. The van der Waals surface area contributed by atoms with E-state index in [1.807, 2.05) is 0 Å². The molecule has 0 spiro atoms. The first kappa shape index (κ1) is 18.1. The van der Waals surface area contributed by atoms with Crippen LogP contribution in [0.1, 0.15) is 41.0 Å². The van der Waals surface area contributed by atoms with Gasteiger partial charge in [0.25, 0.3) is 5.91 Å². The second kappa shape index (κ2) is 7.09. The number of hydrogen-bond donors (Lipinski definition) is 2. The van der Waals surface area contributed by atoms with E-state index in [0.29, 0.717) is 19.0 Å². The molecule has 1 aromatic rings. The molecule has 3 rings (SSSR count). The van der Waals surface area contributed by atoms with E-state index in [-0.39, 0.29) is 24.6 Å². The van der Waals surface area contributed by atoms with E-state index < -0.39 is 18.5 Å². The van der Waals surface area contributed by atoms with Gasteiger partial charge >= 0.3 is 6.18 Å². The molecule has 2 N–H and O–H groups in total. The molecule has 1 aliphatic carbocycles. The highest BCUT2D eigenvalue weighted by molar-refractivity contribution is 5.94. The summed E-state index contributed by atoms with van der Waals surface area (Å²) in [5, 5.41) is 10.1. The van der Waals surface area contributed by atoms with E-state index in [4.69, 9.17) is 0 Å². The van der Waals surface area contributed by atoms with Crippen LogP contribution in [0.2, 0.25) is 0 Å². The van der Waals surface area contributed by atoms with Gasteiger partial charge in [-0.15, -0.1) is 12.4 Å². The Morgan fingerprint density at radius 1 is 1.35 bits per heavy atom. The van der Waals surface area contributed by atoms with E-state index in [1.165, 1.54) is 4.90 Å². The highest BCUT2D eigenvalue weighted by atomic mass is 35.5.